The quantitative estimate of drug-likeness (QED) is 0.141. The summed E-state index contributed by atoms with van der Waals surface area (Å²) in [5, 5.41) is 33.5. The van der Waals surface area contributed by atoms with E-state index in [2.05, 4.69) is 23.3 Å². The number of thiol groups is 1. The van der Waals surface area contributed by atoms with Gasteiger partial charge in [-0.2, -0.15) is 12.6 Å². The number of nitrogens with one attached hydrogen (secondary N) is 3. The number of aliphatic hydroxyl groups excluding tert-OH is 1. The van der Waals surface area contributed by atoms with Gasteiger partial charge < -0.3 is 37.0 Å². The largest absolute Gasteiger partial charge is 0.481 e. The molecule has 8 N–H and O–H groups in total. The predicted molar refractivity (Wildman–Crippen MR) is 104 cm³/mol. The van der Waals surface area contributed by atoms with Crippen molar-refractivity contribution in [2.24, 2.45) is 11.7 Å². The molecule has 0 spiro atoms. The fourth-order valence-electron chi connectivity index (χ4n) is 2.09. The smallest absolute Gasteiger partial charge is 0.326 e. The predicted octanol–water partition coefficient (Wildman–Crippen LogP) is -2.70. The Morgan fingerprint density at radius 3 is 1.83 bits per heavy atom. The van der Waals surface area contributed by atoms with Crippen LogP contribution in [0.1, 0.15) is 26.7 Å². The summed E-state index contributed by atoms with van der Waals surface area (Å²) in [5.41, 5.74) is 5.77. The lowest BCUT2D eigenvalue weighted by Crippen LogP contribution is -2.59. The number of hydrogen-bond donors (Lipinski definition) is 8. The molecule has 0 aliphatic heterocycles. The first-order chi connectivity index (χ1) is 13.5. The van der Waals surface area contributed by atoms with Gasteiger partial charge in [-0.25, -0.2) is 4.79 Å². The summed E-state index contributed by atoms with van der Waals surface area (Å²) in [6.45, 7) is 2.80. The first kappa shape index (κ1) is 26.6. The molecule has 5 unspecified atom stereocenters. The molecular formula is C16H28N4O8S. The van der Waals surface area contributed by atoms with Crippen LogP contribution in [-0.2, 0) is 24.0 Å². The number of carbonyl (C=O) groups excluding carboxylic acids is 3. The van der Waals surface area contributed by atoms with Gasteiger partial charge in [0.1, 0.15) is 18.1 Å². The van der Waals surface area contributed by atoms with Crippen LogP contribution in [0.4, 0.5) is 0 Å². The van der Waals surface area contributed by atoms with Crippen LogP contribution in [0.2, 0.25) is 0 Å². The number of aliphatic carboxylic acids is 2. The summed E-state index contributed by atoms with van der Waals surface area (Å²) in [4.78, 5) is 58.3. The molecule has 0 bridgehead atoms. The monoisotopic (exact) mass is 436 g/mol. The Kier molecular flexibility index (Phi) is 11.9. The summed E-state index contributed by atoms with van der Waals surface area (Å²) in [5.74, 6) is -5.99. The van der Waals surface area contributed by atoms with Crippen LogP contribution in [0, 0.1) is 5.92 Å². The second-order valence-electron chi connectivity index (χ2n) is 6.40. The fourth-order valence-corrected chi connectivity index (χ4v) is 2.34. The molecule has 0 saturated heterocycles. The molecule has 0 fully saturated rings. The molecule has 0 aliphatic rings. The average molecular weight is 436 g/mol. The number of nitrogens with two attached hydrogens (primary N) is 1. The summed E-state index contributed by atoms with van der Waals surface area (Å²) in [6.07, 6.45) is -0.245. The molecule has 0 aromatic heterocycles. The molecule has 12 nitrogen and oxygen atoms in total. The van der Waals surface area contributed by atoms with Crippen molar-refractivity contribution in [1.29, 1.82) is 0 Å². The van der Waals surface area contributed by atoms with Crippen LogP contribution >= 0.6 is 12.6 Å². The molecule has 13 heteroatoms. The zero-order valence-electron chi connectivity index (χ0n) is 16.1. The van der Waals surface area contributed by atoms with E-state index in [4.69, 9.17) is 15.9 Å². The van der Waals surface area contributed by atoms with Crippen molar-refractivity contribution in [2.45, 2.75) is 50.9 Å². The maximum absolute atomic E-state index is 12.3. The summed E-state index contributed by atoms with van der Waals surface area (Å²) in [6, 6.07) is -5.35. The van der Waals surface area contributed by atoms with E-state index >= 15 is 0 Å². The molecule has 0 rings (SSSR count). The average Bonchev–Trinajstić information content (AvgIpc) is 2.67. The second kappa shape index (κ2) is 13.0. The van der Waals surface area contributed by atoms with Gasteiger partial charge in [-0.05, 0) is 5.92 Å². The highest BCUT2D eigenvalue weighted by atomic mass is 32.1. The topological polar surface area (TPSA) is 208 Å². The molecule has 0 aromatic carbocycles. The molecule has 0 heterocycles. The lowest BCUT2D eigenvalue weighted by molar-refractivity contribution is -0.147. The third-order valence-corrected chi connectivity index (χ3v) is 4.55. The lowest BCUT2D eigenvalue weighted by Gasteiger charge is -2.24. The van der Waals surface area contributed by atoms with E-state index in [1.807, 2.05) is 12.2 Å². The Labute approximate surface area is 173 Å². The standard InChI is InChI=1S/C16H28N4O8S/c1-3-7(2)12(17)15(26)19-9(5-21)13(24)20-10(6-29)14(25)18-8(16(27)28)4-11(22)23/h7-10,12,21,29H,3-6,17H2,1-2H3,(H,18,25)(H,19,26)(H,20,24)(H,22,23)(H,27,28). The number of amides is 3. The number of carbonyl (C=O) groups is 5. The van der Waals surface area contributed by atoms with Gasteiger partial charge in [0.2, 0.25) is 17.7 Å². The van der Waals surface area contributed by atoms with Gasteiger partial charge in [-0.15, -0.1) is 0 Å². The van der Waals surface area contributed by atoms with Crippen molar-refractivity contribution in [1.82, 2.24) is 16.0 Å². The van der Waals surface area contributed by atoms with Crippen LogP contribution in [0.3, 0.4) is 0 Å². The third kappa shape index (κ3) is 9.11. The minimum Gasteiger partial charge on any atom is -0.481 e. The van der Waals surface area contributed by atoms with Crippen molar-refractivity contribution in [3.8, 4) is 0 Å². The minimum absolute atomic E-state index is 0.171. The highest BCUT2D eigenvalue weighted by Crippen LogP contribution is 2.05. The van der Waals surface area contributed by atoms with Crippen molar-refractivity contribution in [3.05, 3.63) is 0 Å². The van der Waals surface area contributed by atoms with Gasteiger partial charge in [-0.3, -0.25) is 19.2 Å². The Morgan fingerprint density at radius 2 is 1.41 bits per heavy atom. The summed E-state index contributed by atoms with van der Waals surface area (Å²) in [7, 11) is 0. The SMILES string of the molecule is CCC(C)C(N)C(=O)NC(CO)C(=O)NC(CS)C(=O)NC(CC(=O)O)C(=O)O. The molecule has 29 heavy (non-hydrogen) atoms. The van der Waals surface area contributed by atoms with Crippen LogP contribution in [-0.4, -0.2) is 81.5 Å². The van der Waals surface area contributed by atoms with E-state index in [1.165, 1.54) is 0 Å². The maximum atomic E-state index is 12.3. The van der Waals surface area contributed by atoms with E-state index in [1.54, 1.807) is 6.92 Å². The zero-order chi connectivity index (χ0) is 22.7. The van der Waals surface area contributed by atoms with Crippen LogP contribution in [0.5, 0.6) is 0 Å². The van der Waals surface area contributed by atoms with Crippen molar-refractivity contribution in [3.63, 3.8) is 0 Å². The normalized spacial score (nSPS) is 15.9. The molecule has 0 saturated carbocycles. The number of rotatable bonds is 13. The van der Waals surface area contributed by atoms with E-state index in [-0.39, 0.29) is 11.7 Å². The summed E-state index contributed by atoms with van der Waals surface area (Å²) >= 11 is 3.90. The van der Waals surface area contributed by atoms with E-state index in [9.17, 15) is 29.1 Å². The Hall–Kier alpha value is -2.38. The Bertz CT molecular complexity index is 618. The molecule has 0 aromatic rings. The number of hydrogen-bond acceptors (Lipinski definition) is 8. The highest BCUT2D eigenvalue weighted by molar-refractivity contribution is 7.80. The third-order valence-electron chi connectivity index (χ3n) is 4.18. The van der Waals surface area contributed by atoms with Crippen LogP contribution in [0.25, 0.3) is 0 Å². The maximum Gasteiger partial charge on any atom is 0.326 e. The van der Waals surface area contributed by atoms with Crippen LogP contribution < -0.4 is 21.7 Å². The first-order valence-electron chi connectivity index (χ1n) is 8.81. The van der Waals surface area contributed by atoms with Crippen molar-refractivity contribution < 1.29 is 39.3 Å². The minimum atomic E-state index is -1.71. The number of aliphatic hydroxyl groups is 1. The Morgan fingerprint density at radius 1 is 0.931 bits per heavy atom. The molecular weight excluding hydrogens is 408 g/mol. The Balaban J connectivity index is 5.04. The van der Waals surface area contributed by atoms with Gasteiger partial charge in [0.05, 0.1) is 19.1 Å². The van der Waals surface area contributed by atoms with Crippen molar-refractivity contribution in [2.75, 3.05) is 12.4 Å². The van der Waals surface area contributed by atoms with E-state index < -0.39 is 66.9 Å². The first-order valence-corrected chi connectivity index (χ1v) is 9.44. The molecule has 5 atom stereocenters. The summed E-state index contributed by atoms with van der Waals surface area (Å²) < 4.78 is 0. The fraction of sp³-hybridized carbons (Fsp3) is 0.688. The molecule has 3 amide bonds. The second-order valence-corrected chi connectivity index (χ2v) is 6.76. The van der Waals surface area contributed by atoms with E-state index in [0.717, 1.165) is 0 Å². The molecule has 0 radical (unpaired) electrons. The van der Waals surface area contributed by atoms with Crippen LogP contribution in [0.15, 0.2) is 0 Å². The van der Waals surface area contributed by atoms with E-state index in [0.29, 0.717) is 6.42 Å². The zero-order valence-corrected chi connectivity index (χ0v) is 17.0. The van der Waals surface area contributed by atoms with Gasteiger partial charge in [-0.1, -0.05) is 20.3 Å². The highest BCUT2D eigenvalue weighted by Gasteiger charge is 2.30. The van der Waals surface area contributed by atoms with Gasteiger partial charge in [0.25, 0.3) is 0 Å². The molecule has 0 aliphatic carbocycles. The van der Waals surface area contributed by atoms with Gasteiger partial charge >= 0.3 is 11.9 Å². The van der Waals surface area contributed by atoms with Gasteiger partial charge in [0.15, 0.2) is 0 Å². The molecule has 166 valence electrons. The van der Waals surface area contributed by atoms with Gasteiger partial charge in [0, 0.05) is 5.75 Å². The number of carboxylic acids is 2. The van der Waals surface area contributed by atoms with Crippen molar-refractivity contribution >= 4 is 42.3 Å². The number of carboxylic acid groups (broad SMARTS) is 2. The lowest BCUT2D eigenvalue weighted by atomic mass is 9.99.